The molecule has 1 saturated heterocycles. The number of aromatic nitrogens is 4. The van der Waals surface area contributed by atoms with Crippen LogP contribution in [0, 0.1) is 5.41 Å². The molecule has 0 bridgehead atoms. The Hall–Kier alpha value is -3.85. The molecule has 1 atom stereocenters. The zero-order valence-corrected chi connectivity index (χ0v) is 18.9. The maximum absolute atomic E-state index is 13.9. The van der Waals surface area contributed by atoms with Gasteiger partial charge in [0.1, 0.15) is 11.1 Å². The molecular formula is C26H24F2N6O. The van der Waals surface area contributed by atoms with Gasteiger partial charge in [-0.2, -0.15) is 18.9 Å². The highest BCUT2D eigenvalue weighted by Gasteiger charge is 2.46. The molecule has 4 aromatic rings. The molecule has 6 rings (SSSR count). The molecule has 9 heteroatoms. The number of benzene rings is 2. The van der Waals surface area contributed by atoms with Crippen molar-refractivity contribution in [1.29, 1.82) is 0 Å². The van der Waals surface area contributed by atoms with Crippen molar-refractivity contribution in [2.24, 2.45) is 11.1 Å². The Kier molecular flexibility index (Phi) is 5.03. The molecule has 35 heavy (non-hydrogen) atoms. The molecular weight excluding hydrogens is 450 g/mol. The molecule has 3 heterocycles. The number of nitrogens with two attached hydrogens (primary N) is 1. The summed E-state index contributed by atoms with van der Waals surface area (Å²) in [4.78, 5) is 22.4. The van der Waals surface area contributed by atoms with Crippen LogP contribution in [0.1, 0.15) is 41.3 Å². The van der Waals surface area contributed by atoms with Crippen molar-refractivity contribution in [3.05, 3.63) is 93.4 Å². The number of hydrogen-bond acceptors (Lipinski definition) is 5. The molecule has 0 saturated carbocycles. The first-order valence-electron chi connectivity index (χ1n) is 11.6. The highest BCUT2D eigenvalue weighted by Crippen LogP contribution is 2.50. The van der Waals surface area contributed by atoms with Gasteiger partial charge in [-0.1, -0.05) is 54.6 Å². The number of nitrogens with zero attached hydrogens (tertiary/aromatic N) is 3. The lowest BCUT2D eigenvalue weighted by Gasteiger charge is -2.42. The number of halogens is 2. The molecule has 2 aromatic carbocycles. The molecule has 1 fully saturated rings. The summed E-state index contributed by atoms with van der Waals surface area (Å²) in [6.07, 6.45) is 0.775. The summed E-state index contributed by atoms with van der Waals surface area (Å²) in [6.45, 7) is 1.37. The van der Waals surface area contributed by atoms with Crippen LogP contribution in [0.3, 0.4) is 0 Å². The fourth-order valence-corrected chi connectivity index (χ4v) is 5.67. The van der Waals surface area contributed by atoms with E-state index in [0.717, 1.165) is 19.3 Å². The summed E-state index contributed by atoms with van der Waals surface area (Å²) < 4.78 is 27.9. The molecule has 2 aliphatic rings. The van der Waals surface area contributed by atoms with E-state index in [9.17, 15) is 13.6 Å². The van der Waals surface area contributed by atoms with E-state index in [1.165, 1.54) is 11.1 Å². The highest BCUT2D eigenvalue weighted by molar-refractivity contribution is 5.93. The molecule has 0 unspecified atom stereocenters. The molecule has 2 aromatic heterocycles. The SMILES string of the molecule is N[C@@H]1c2ccccc2CC12CCN(c1nc3[nH]nc(C(=C(F)F)c4ccccc4)c3c(=O)[nH]1)CC2. The summed E-state index contributed by atoms with van der Waals surface area (Å²) in [6, 6.07) is 16.5. The average molecular weight is 475 g/mol. The summed E-state index contributed by atoms with van der Waals surface area (Å²) in [5.74, 6) is 0.405. The largest absolute Gasteiger partial charge is 0.342 e. The van der Waals surface area contributed by atoms with Gasteiger partial charge in [-0.25, -0.2) is 0 Å². The zero-order valence-electron chi connectivity index (χ0n) is 18.9. The van der Waals surface area contributed by atoms with E-state index >= 15 is 0 Å². The Labute approximate surface area is 199 Å². The van der Waals surface area contributed by atoms with Crippen molar-refractivity contribution < 1.29 is 8.78 Å². The lowest BCUT2D eigenvalue weighted by molar-refractivity contribution is 0.187. The van der Waals surface area contributed by atoms with Gasteiger partial charge >= 0.3 is 0 Å². The fraction of sp³-hybridized carbons (Fsp3) is 0.269. The van der Waals surface area contributed by atoms with Crippen LogP contribution in [0.15, 0.2) is 65.5 Å². The molecule has 7 nitrogen and oxygen atoms in total. The van der Waals surface area contributed by atoms with Crippen LogP contribution in [0.25, 0.3) is 16.6 Å². The van der Waals surface area contributed by atoms with Gasteiger partial charge in [0.05, 0.1) is 5.57 Å². The zero-order chi connectivity index (χ0) is 24.2. The second kappa shape index (κ2) is 8.13. The number of aromatic amines is 2. The maximum Gasteiger partial charge on any atom is 0.280 e. The number of nitrogens with one attached hydrogen (secondary N) is 2. The van der Waals surface area contributed by atoms with Gasteiger partial charge in [0, 0.05) is 19.1 Å². The van der Waals surface area contributed by atoms with Crippen LogP contribution in [0.5, 0.6) is 0 Å². The third-order valence-electron chi connectivity index (χ3n) is 7.56. The van der Waals surface area contributed by atoms with E-state index in [2.05, 4.69) is 38.4 Å². The first-order valence-corrected chi connectivity index (χ1v) is 11.6. The van der Waals surface area contributed by atoms with Crippen molar-refractivity contribution in [3.8, 4) is 0 Å². The van der Waals surface area contributed by atoms with E-state index < -0.39 is 11.6 Å². The predicted molar refractivity (Wildman–Crippen MR) is 130 cm³/mol. The fourth-order valence-electron chi connectivity index (χ4n) is 5.67. The van der Waals surface area contributed by atoms with Crippen molar-refractivity contribution in [3.63, 3.8) is 0 Å². The Balaban J connectivity index is 1.29. The topological polar surface area (TPSA) is 104 Å². The average Bonchev–Trinajstić information content (AvgIpc) is 3.40. The van der Waals surface area contributed by atoms with Crippen LogP contribution in [-0.4, -0.2) is 33.3 Å². The van der Waals surface area contributed by atoms with Gasteiger partial charge in [0.25, 0.3) is 11.6 Å². The summed E-state index contributed by atoms with van der Waals surface area (Å²) in [7, 11) is 0. The second-order valence-corrected chi connectivity index (χ2v) is 9.39. The first-order chi connectivity index (χ1) is 17.0. The number of H-pyrrole nitrogens is 2. The highest BCUT2D eigenvalue weighted by atomic mass is 19.3. The quantitative estimate of drug-likeness (QED) is 0.414. The van der Waals surface area contributed by atoms with E-state index in [-0.39, 0.29) is 39.3 Å². The monoisotopic (exact) mass is 474 g/mol. The van der Waals surface area contributed by atoms with Crippen molar-refractivity contribution >= 4 is 22.6 Å². The van der Waals surface area contributed by atoms with Gasteiger partial charge in [-0.3, -0.25) is 14.9 Å². The Morgan fingerprint density at radius 3 is 2.49 bits per heavy atom. The normalized spacial score (nSPS) is 18.7. The van der Waals surface area contributed by atoms with E-state index in [0.29, 0.717) is 19.0 Å². The van der Waals surface area contributed by atoms with Crippen LogP contribution in [0.4, 0.5) is 14.7 Å². The summed E-state index contributed by atoms with van der Waals surface area (Å²) in [5, 5.41) is 6.75. The predicted octanol–water partition coefficient (Wildman–Crippen LogP) is 4.14. The molecule has 1 aliphatic heterocycles. The second-order valence-electron chi connectivity index (χ2n) is 9.39. The summed E-state index contributed by atoms with van der Waals surface area (Å²) in [5.41, 5.74) is 8.66. The minimum Gasteiger partial charge on any atom is -0.342 e. The van der Waals surface area contributed by atoms with Crippen LogP contribution in [-0.2, 0) is 6.42 Å². The Morgan fingerprint density at radius 1 is 1.06 bits per heavy atom. The third-order valence-corrected chi connectivity index (χ3v) is 7.56. The van der Waals surface area contributed by atoms with Gasteiger partial charge in [-0.05, 0) is 41.4 Å². The first kappa shape index (κ1) is 21.7. The van der Waals surface area contributed by atoms with Crippen LogP contribution >= 0.6 is 0 Å². The molecule has 1 aliphatic carbocycles. The number of rotatable bonds is 3. The van der Waals surface area contributed by atoms with Crippen molar-refractivity contribution in [2.75, 3.05) is 18.0 Å². The van der Waals surface area contributed by atoms with Gasteiger partial charge in [0.2, 0.25) is 5.95 Å². The standard InChI is InChI=1S/C26H24F2N6O/c27-22(28)18(15-6-2-1-3-7-15)20-19-23(33-32-20)30-25(31-24(19)35)34-12-10-26(11-13-34)14-16-8-4-5-9-17(16)21(26)29/h1-9,21H,10-14,29H2,(H2,30,31,32,33,35)/t21-/m1/s1. The Morgan fingerprint density at radius 2 is 1.77 bits per heavy atom. The van der Waals surface area contributed by atoms with E-state index in [1.54, 1.807) is 30.3 Å². The minimum atomic E-state index is -1.91. The smallest absolute Gasteiger partial charge is 0.280 e. The maximum atomic E-state index is 13.9. The lowest BCUT2D eigenvalue weighted by Crippen LogP contribution is -2.45. The van der Waals surface area contributed by atoms with Gasteiger partial charge in [0.15, 0.2) is 5.65 Å². The van der Waals surface area contributed by atoms with Crippen LogP contribution < -0.4 is 16.2 Å². The lowest BCUT2D eigenvalue weighted by atomic mass is 9.73. The molecule has 1 spiro atoms. The number of piperidine rings is 1. The number of fused-ring (bicyclic) bond motifs is 2. The van der Waals surface area contributed by atoms with Gasteiger partial charge < -0.3 is 10.6 Å². The molecule has 178 valence electrons. The molecule has 0 amide bonds. The number of hydrogen-bond donors (Lipinski definition) is 3. The molecule has 0 radical (unpaired) electrons. The van der Waals surface area contributed by atoms with Gasteiger partial charge in [-0.15, -0.1) is 0 Å². The minimum absolute atomic E-state index is 0.000226. The molecule has 4 N–H and O–H groups in total. The Bertz CT molecular complexity index is 1500. The van der Waals surface area contributed by atoms with E-state index in [1.807, 2.05) is 11.0 Å². The number of anilines is 1. The van der Waals surface area contributed by atoms with Crippen LogP contribution in [0.2, 0.25) is 0 Å². The van der Waals surface area contributed by atoms with Crippen molar-refractivity contribution in [1.82, 2.24) is 20.2 Å². The van der Waals surface area contributed by atoms with E-state index in [4.69, 9.17) is 5.73 Å². The third kappa shape index (κ3) is 3.46. The summed E-state index contributed by atoms with van der Waals surface area (Å²) >= 11 is 0. The van der Waals surface area contributed by atoms with Crippen molar-refractivity contribution in [2.45, 2.75) is 25.3 Å².